The van der Waals surface area contributed by atoms with Gasteiger partial charge in [0.15, 0.2) is 0 Å². The van der Waals surface area contributed by atoms with Crippen LogP contribution in [0.1, 0.15) is 6.92 Å². The lowest BCUT2D eigenvalue weighted by atomic mass is 10.2. The van der Waals surface area contributed by atoms with E-state index in [0.717, 1.165) is 36.8 Å². The first-order valence-electron chi connectivity index (χ1n) is 8.67. The van der Waals surface area contributed by atoms with Crippen molar-refractivity contribution in [3.8, 4) is 5.75 Å². The van der Waals surface area contributed by atoms with Gasteiger partial charge in [-0.3, -0.25) is 4.79 Å². The zero-order valence-corrected chi connectivity index (χ0v) is 16.6. The molecule has 0 spiro atoms. The van der Waals surface area contributed by atoms with Gasteiger partial charge in [0.2, 0.25) is 5.91 Å². The fraction of sp³-hybridized carbons (Fsp3) is 0.350. The Kier molecular flexibility index (Phi) is 6.33. The fourth-order valence-corrected chi connectivity index (χ4v) is 4.08. The number of thioether (sulfide) groups is 1. The second-order valence-corrected chi connectivity index (χ2v) is 8.08. The lowest BCUT2D eigenvalue weighted by molar-refractivity contribution is -0.130. The summed E-state index contributed by atoms with van der Waals surface area (Å²) in [4.78, 5) is 18.1. The number of methoxy groups -OCH3 is 1. The van der Waals surface area contributed by atoms with Crippen LogP contribution in [0.4, 0.5) is 5.69 Å². The summed E-state index contributed by atoms with van der Waals surface area (Å²) >= 11 is 7.50. The van der Waals surface area contributed by atoms with Crippen LogP contribution in [0.25, 0.3) is 0 Å². The van der Waals surface area contributed by atoms with Crippen molar-refractivity contribution < 1.29 is 9.53 Å². The first-order chi connectivity index (χ1) is 12.6. The molecule has 0 N–H and O–H groups in total. The lowest BCUT2D eigenvalue weighted by Gasteiger charge is -2.37. The first kappa shape index (κ1) is 18.9. The molecule has 3 rings (SSSR count). The number of carbonyl (C=O) groups is 1. The number of carbonyl (C=O) groups excluding carboxylic acids is 1. The Labute approximate surface area is 164 Å². The van der Waals surface area contributed by atoms with Gasteiger partial charge >= 0.3 is 0 Å². The van der Waals surface area contributed by atoms with Gasteiger partial charge in [0.1, 0.15) is 5.75 Å². The minimum Gasteiger partial charge on any atom is -0.497 e. The van der Waals surface area contributed by atoms with Crippen LogP contribution in [-0.2, 0) is 4.79 Å². The molecule has 26 heavy (non-hydrogen) atoms. The van der Waals surface area contributed by atoms with Crippen molar-refractivity contribution in [2.75, 3.05) is 38.2 Å². The van der Waals surface area contributed by atoms with Crippen molar-refractivity contribution in [1.29, 1.82) is 0 Å². The van der Waals surface area contributed by atoms with Crippen molar-refractivity contribution >= 4 is 35.0 Å². The Bertz CT molecular complexity index is 728. The lowest BCUT2D eigenvalue weighted by Crippen LogP contribution is -2.50. The van der Waals surface area contributed by atoms with Crippen LogP contribution in [-0.4, -0.2) is 49.3 Å². The van der Waals surface area contributed by atoms with Crippen LogP contribution < -0.4 is 9.64 Å². The highest BCUT2D eigenvalue weighted by Gasteiger charge is 2.25. The largest absolute Gasteiger partial charge is 0.497 e. The first-order valence-corrected chi connectivity index (χ1v) is 9.92. The second-order valence-electron chi connectivity index (χ2n) is 6.22. The fourth-order valence-electron chi connectivity index (χ4n) is 3.00. The number of piperazine rings is 1. The summed E-state index contributed by atoms with van der Waals surface area (Å²) in [5.74, 6) is 1.05. The topological polar surface area (TPSA) is 32.8 Å². The van der Waals surface area contributed by atoms with E-state index in [1.54, 1.807) is 18.9 Å². The maximum Gasteiger partial charge on any atom is 0.235 e. The maximum atomic E-state index is 12.7. The van der Waals surface area contributed by atoms with E-state index in [4.69, 9.17) is 16.3 Å². The normalized spacial score (nSPS) is 15.7. The van der Waals surface area contributed by atoms with Gasteiger partial charge in [0.25, 0.3) is 0 Å². The van der Waals surface area contributed by atoms with Gasteiger partial charge in [-0.15, -0.1) is 11.8 Å². The van der Waals surface area contributed by atoms with Crippen molar-refractivity contribution in [3.63, 3.8) is 0 Å². The average molecular weight is 391 g/mol. The van der Waals surface area contributed by atoms with Gasteiger partial charge in [0.05, 0.1) is 12.4 Å². The number of amides is 1. The molecule has 4 nitrogen and oxygen atoms in total. The number of benzene rings is 2. The van der Waals surface area contributed by atoms with E-state index in [2.05, 4.69) is 17.0 Å². The number of hydrogen-bond acceptors (Lipinski definition) is 4. The van der Waals surface area contributed by atoms with Crippen molar-refractivity contribution in [2.24, 2.45) is 0 Å². The molecule has 0 bridgehead atoms. The third-order valence-corrected chi connectivity index (χ3v) is 5.85. The molecule has 6 heteroatoms. The molecule has 0 aromatic heterocycles. The molecule has 1 aliphatic rings. The molecule has 2 aromatic carbocycles. The predicted molar refractivity (Wildman–Crippen MR) is 109 cm³/mol. The molecule has 1 aliphatic heterocycles. The van der Waals surface area contributed by atoms with Gasteiger partial charge in [-0.2, -0.15) is 0 Å². The molecular formula is C20H23ClN2O2S. The summed E-state index contributed by atoms with van der Waals surface area (Å²) in [5, 5.41) is 0.603. The van der Waals surface area contributed by atoms with Crippen LogP contribution in [0, 0.1) is 0 Å². The van der Waals surface area contributed by atoms with E-state index >= 15 is 0 Å². The standard InChI is InChI=1S/C20H23ClN2O2S/c1-15(26-19-9-3-16(21)4-10-19)20(24)23-13-11-22(12-14-23)17-5-7-18(25-2)8-6-17/h3-10,15H,11-14H2,1-2H3. The van der Waals surface area contributed by atoms with Gasteiger partial charge < -0.3 is 14.5 Å². The molecule has 138 valence electrons. The van der Waals surface area contributed by atoms with E-state index in [1.807, 2.05) is 48.2 Å². The summed E-state index contributed by atoms with van der Waals surface area (Å²) in [6.07, 6.45) is 0. The van der Waals surface area contributed by atoms with Crippen LogP contribution in [0.15, 0.2) is 53.4 Å². The second kappa shape index (κ2) is 8.69. The van der Waals surface area contributed by atoms with Gasteiger partial charge in [0, 0.05) is 41.8 Å². The molecule has 1 fully saturated rings. The van der Waals surface area contributed by atoms with Crippen LogP contribution in [0.3, 0.4) is 0 Å². The molecule has 0 aliphatic carbocycles. The Morgan fingerprint density at radius 2 is 1.65 bits per heavy atom. The predicted octanol–water partition coefficient (Wildman–Crippen LogP) is 4.18. The molecule has 1 atom stereocenters. The minimum absolute atomic E-state index is 0.108. The van der Waals surface area contributed by atoms with Crippen molar-refractivity contribution in [2.45, 2.75) is 17.1 Å². The van der Waals surface area contributed by atoms with E-state index in [-0.39, 0.29) is 11.2 Å². The van der Waals surface area contributed by atoms with E-state index in [0.29, 0.717) is 5.02 Å². The van der Waals surface area contributed by atoms with E-state index in [1.165, 1.54) is 5.69 Å². The summed E-state index contributed by atoms with van der Waals surface area (Å²) in [6, 6.07) is 15.7. The summed E-state index contributed by atoms with van der Waals surface area (Å²) in [5.41, 5.74) is 1.17. The van der Waals surface area contributed by atoms with Gasteiger partial charge in [-0.05, 0) is 55.5 Å². The number of rotatable bonds is 5. The molecule has 1 heterocycles. The third kappa shape index (κ3) is 4.65. The molecule has 0 radical (unpaired) electrons. The smallest absolute Gasteiger partial charge is 0.235 e. The number of ether oxygens (including phenoxy) is 1. The Hall–Kier alpha value is -1.85. The maximum absolute atomic E-state index is 12.7. The van der Waals surface area contributed by atoms with Crippen LogP contribution in [0.5, 0.6) is 5.75 Å². The van der Waals surface area contributed by atoms with Crippen molar-refractivity contribution in [3.05, 3.63) is 53.6 Å². The third-order valence-electron chi connectivity index (χ3n) is 4.50. The highest BCUT2D eigenvalue weighted by molar-refractivity contribution is 8.00. The summed E-state index contributed by atoms with van der Waals surface area (Å²) < 4.78 is 5.21. The highest BCUT2D eigenvalue weighted by atomic mass is 35.5. The van der Waals surface area contributed by atoms with Crippen molar-refractivity contribution in [1.82, 2.24) is 4.90 Å². The molecule has 2 aromatic rings. The Balaban J connectivity index is 1.53. The monoisotopic (exact) mass is 390 g/mol. The number of anilines is 1. The number of hydrogen-bond donors (Lipinski definition) is 0. The van der Waals surface area contributed by atoms with Crippen LogP contribution in [0.2, 0.25) is 5.02 Å². The summed E-state index contributed by atoms with van der Waals surface area (Å²) in [6.45, 7) is 5.15. The average Bonchev–Trinajstić information content (AvgIpc) is 2.69. The van der Waals surface area contributed by atoms with Crippen LogP contribution >= 0.6 is 23.4 Å². The Morgan fingerprint density at radius 3 is 2.23 bits per heavy atom. The quantitative estimate of drug-likeness (QED) is 0.717. The van der Waals surface area contributed by atoms with E-state index < -0.39 is 0 Å². The zero-order chi connectivity index (χ0) is 18.5. The number of nitrogens with zero attached hydrogens (tertiary/aromatic N) is 2. The molecule has 1 amide bonds. The number of halogens is 1. The molecular weight excluding hydrogens is 368 g/mol. The van der Waals surface area contributed by atoms with E-state index in [9.17, 15) is 4.79 Å². The summed E-state index contributed by atoms with van der Waals surface area (Å²) in [7, 11) is 1.67. The highest BCUT2D eigenvalue weighted by Crippen LogP contribution is 2.27. The minimum atomic E-state index is -0.108. The van der Waals surface area contributed by atoms with Gasteiger partial charge in [-0.1, -0.05) is 11.6 Å². The SMILES string of the molecule is COc1ccc(N2CCN(C(=O)C(C)Sc3ccc(Cl)cc3)CC2)cc1. The van der Waals surface area contributed by atoms with Gasteiger partial charge in [-0.25, -0.2) is 0 Å². The molecule has 1 unspecified atom stereocenters. The zero-order valence-electron chi connectivity index (χ0n) is 15.0. The molecule has 1 saturated heterocycles. The molecule has 0 saturated carbocycles. The Morgan fingerprint density at radius 1 is 1.04 bits per heavy atom.